The molecule has 0 saturated heterocycles. The van der Waals surface area contributed by atoms with Gasteiger partial charge < -0.3 is 19.9 Å². The van der Waals surface area contributed by atoms with E-state index in [-0.39, 0.29) is 24.0 Å². The molecule has 1 aromatic heterocycles. The van der Waals surface area contributed by atoms with Crippen LogP contribution in [0, 0.1) is 6.92 Å². The zero-order valence-corrected chi connectivity index (χ0v) is 16.9. The first kappa shape index (κ1) is 21.4. The van der Waals surface area contributed by atoms with Crippen molar-refractivity contribution in [1.29, 1.82) is 0 Å². The third kappa shape index (κ3) is 8.18. The Morgan fingerprint density at radius 2 is 2.05 bits per heavy atom. The van der Waals surface area contributed by atoms with E-state index in [1.807, 2.05) is 18.5 Å². The Morgan fingerprint density at radius 3 is 2.64 bits per heavy atom. The standard InChI is InChI=1S/C13H26N6OS.HI/c1-11-17-18-12(19(11)2)10-16-13(15-7-9-21-4)14-6-5-8-20-3;/h5-10H2,1-4H3,(H2,14,15,16);1H. The van der Waals surface area contributed by atoms with Gasteiger partial charge in [-0.2, -0.15) is 11.8 Å². The summed E-state index contributed by atoms with van der Waals surface area (Å²) >= 11 is 1.80. The molecule has 0 fully saturated rings. The lowest BCUT2D eigenvalue weighted by Gasteiger charge is -2.12. The topological polar surface area (TPSA) is 76.4 Å². The summed E-state index contributed by atoms with van der Waals surface area (Å²) in [7, 11) is 3.66. The molecule has 9 heteroatoms. The summed E-state index contributed by atoms with van der Waals surface area (Å²) < 4.78 is 7.00. The summed E-state index contributed by atoms with van der Waals surface area (Å²) in [6, 6.07) is 0. The monoisotopic (exact) mass is 442 g/mol. The van der Waals surface area contributed by atoms with Crippen LogP contribution in [0.5, 0.6) is 0 Å². The van der Waals surface area contributed by atoms with Gasteiger partial charge in [0, 0.05) is 39.6 Å². The number of thioether (sulfide) groups is 1. The quantitative estimate of drug-likeness (QED) is 0.259. The smallest absolute Gasteiger partial charge is 0.191 e. The van der Waals surface area contributed by atoms with E-state index >= 15 is 0 Å². The van der Waals surface area contributed by atoms with Crippen molar-refractivity contribution < 1.29 is 4.74 Å². The second kappa shape index (κ2) is 12.9. The first-order chi connectivity index (χ1) is 10.2. The third-order valence-electron chi connectivity index (χ3n) is 2.98. The van der Waals surface area contributed by atoms with Crippen molar-refractivity contribution in [2.45, 2.75) is 19.9 Å². The van der Waals surface area contributed by atoms with Gasteiger partial charge in [0.05, 0.1) is 0 Å². The van der Waals surface area contributed by atoms with E-state index < -0.39 is 0 Å². The number of hydrogen-bond donors (Lipinski definition) is 2. The molecule has 0 spiro atoms. The number of aliphatic imine (C=N–C) groups is 1. The Balaban J connectivity index is 0.00000441. The van der Waals surface area contributed by atoms with E-state index in [4.69, 9.17) is 4.74 Å². The molecule has 1 heterocycles. The Kier molecular flexibility index (Phi) is 12.6. The van der Waals surface area contributed by atoms with E-state index in [2.05, 4.69) is 32.1 Å². The maximum Gasteiger partial charge on any atom is 0.191 e. The predicted octanol–water partition coefficient (Wildman–Crippen LogP) is 1.18. The number of aryl methyl sites for hydroxylation is 1. The van der Waals surface area contributed by atoms with Crippen LogP contribution < -0.4 is 10.6 Å². The van der Waals surface area contributed by atoms with Gasteiger partial charge in [-0.1, -0.05) is 0 Å². The zero-order valence-electron chi connectivity index (χ0n) is 13.8. The summed E-state index contributed by atoms with van der Waals surface area (Å²) in [6.07, 6.45) is 3.04. The first-order valence-corrected chi connectivity index (χ1v) is 8.43. The molecule has 128 valence electrons. The van der Waals surface area contributed by atoms with Crippen molar-refractivity contribution in [3.63, 3.8) is 0 Å². The maximum atomic E-state index is 5.04. The van der Waals surface area contributed by atoms with Crippen molar-refractivity contribution in [2.24, 2.45) is 12.0 Å². The minimum Gasteiger partial charge on any atom is -0.385 e. The minimum absolute atomic E-state index is 0. The minimum atomic E-state index is 0. The summed E-state index contributed by atoms with van der Waals surface area (Å²) in [5.41, 5.74) is 0. The molecule has 0 unspecified atom stereocenters. The number of rotatable bonds is 9. The molecule has 1 aromatic rings. The lowest BCUT2D eigenvalue weighted by atomic mass is 10.4. The van der Waals surface area contributed by atoms with Gasteiger partial charge in [-0.3, -0.25) is 0 Å². The molecule has 0 bridgehead atoms. The highest BCUT2D eigenvalue weighted by Crippen LogP contribution is 1.99. The average Bonchev–Trinajstić information content (AvgIpc) is 2.80. The number of hydrogen-bond acceptors (Lipinski definition) is 5. The van der Waals surface area contributed by atoms with Crippen molar-refractivity contribution in [3.05, 3.63) is 11.6 Å². The number of nitrogens with zero attached hydrogens (tertiary/aromatic N) is 4. The number of guanidine groups is 1. The lowest BCUT2D eigenvalue weighted by Crippen LogP contribution is -2.39. The molecule has 0 aromatic carbocycles. The van der Waals surface area contributed by atoms with Gasteiger partial charge in [-0.25, -0.2) is 4.99 Å². The molecule has 1 rings (SSSR count). The van der Waals surface area contributed by atoms with Gasteiger partial charge in [-0.05, 0) is 19.6 Å². The van der Waals surface area contributed by atoms with Gasteiger partial charge >= 0.3 is 0 Å². The van der Waals surface area contributed by atoms with E-state index in [1.54, 1.807) is 18.9 Å². The Bertz CT molecular complexity index is 440. The van der Waals surface area contributed by atoms with Crippen LogP contribution in [0.3, 0.4) is 0 Å². The Morgan fingerprint density at radius 1 is 1.32 bits per heavy atom. The molecule has 0 saturated carbocycles. The van der Waals surface area contributed by atoms with Crippen molar-refractivity contribution in [1.82, 2.24) is 25.4 Å². The second-order valence-electron chi connectivity index (χ2n) is 4.58. The van der Waals surface area contributed by atoms with Crippen LogP contribution in [-0.2, 0) is 18.3 Å². The van der Waals surface area contributed by atoms with Gasteiger partial charge in [0.2, 0.25) is 0 Å². The van der Waals surface area contributed by atoms with Crippen LogP contribution in [0.15, 0.2) is 4.99 Å². The van der Waals surface area contributed by atoms with Crippen molar-refractivity contribution >= 4 is 41.7 Å². The second-order valence-corrected chi connectivity index (χ2v) is 5.57. The van der Waals surface area contributed by atoms with E-state index in [9.17, 15) is 0 Å². The molecule has 0 radical (unpaired) electrons. The normalized spacial score (nSPS) is 11.2. The fourth-order valence-electron chi connectivity index (χ4n) is 1.61. The number of nitrogens with one attached hydrogen (secondary N) is 2. The summed E-state index contributed by atoms with van der Waals surface area (Å²) in [5.74, 6) is 3.60. The van der Waals surface area contributed by atoms with Crippen LogP contribution in [0.2, 0.25) is 0 Å². The van der Waals surface area contributed by atoms with Gasteiger partial charge in [0.1, 0.15) is 12.4 Å². The van der Waals surface area contributed by atoms with E-state index in [1.165, 1.54) is 0 Å². The molecular weight excluding hydrogens is 415 g/mol. The molecule has 0 atom stereocenters. The average molecular weight is 442 g/mol. The molecular formula is C13H27IN6OS. The molecule has 2 N–H and O–H groups in total. The number of ether oxygens (including phenoxy) is 1. The SMILES string of the molecule is COCCCNC(=NCc1nnc(C)n1C)NCCSC.I. The van der Waals surface area contributed by atoms with Crippen molar-refractivity contribution in [2.75, 3.05) is 38.8 Å². The van der Waals surface area contributed by atoms with Crippen LogP contribution >= 0.6 is 35.7 Å². The maximum absolute atomic E-state index is 5.04. The van der Waals surface area contributed by atoms with Crippen LogP contribution in [-0.4, -0.2) is 59.5 Å². The Hall–Kier alpha value is -0.550. The summed E-state index contributed by atoms with van der Waals surface area (Å²) in [6.45, 7) is 4.90. The van der Waals surface area contributed by atoms with E-state index in [0.29, 0.717) is 6.54 Å². The molecule has 0 aliphatic rings. The fourth-order valence-corrected chi connectivity index (χ4v) is 1.91. The first-order valence-electron chi connectivity index (χ1n) is 7.04. The largest absolute Gasteiger partial charge is 0.385 e. The van der Waals surface area contributed by atoms with Crippen LogP contribution in [0.25, 0.3) is 0 Å². The van der Waals surface area contributed by atoms with Crippen molar-refractivity contribution in [3.8, 4) is 0 Å². The lowest BCUT2D eigenvalue weighted by molar-refractivity contribution is 0.195. The van der Waals surface area contributed by atoms with Gasteiger partial charge in [-0.15, -0.1) is 34.2 Å². The zero-order chi connectivity index (χ0) is 15.5. The molecule has 0 amide bonds. The summed E-state index contributed by atoms with van der Waals surface area (Å²) in [5, 5.41) is 14.8. The predicted molar refractivity (Wildman–Crippen MR) is 103 cm³/mol. The third-order valence-corrected chi connectivity index (χ3v) is 3.59. The molecule has 0 aliphatic heterocycles. The van der Waals surface area contributed by atoms with E-state index in [0.717, 1.165) is 49.5 Å². The fraction of sp³-hybridized carbons (Fsp3) is 0.769. The number of methoxy groups -OCH3 is 1. The highest BCUT2D eigenvalue weighted by molar-refractivity contribution is 14.0. The highest BCUT2D eigenvalue weighted by atomic mass is 127. The Labute approximate surface area is 154 Å². The van der Waals surface area contributed by atoms with Gasteiger partial charge in [0.25, 0.3) is 0 Å². The van der Waals surface area contributed by atoms with Crippen LogP contribution in [0.4, 0.5) is 0 Å². The highest BCUT2D eigenvalue weighted by Gasteiger charge is 2.04. The summed E-state index contributed by atoms with van der Waals surface area (Å²) in [4.78, 5) is 4.56. The van der Waals surface area contributed by atoms with Crippen LogP contribution in [0.1, 0.15) is 18.1 Å². The molecule has 0 aliphatic carbocycles. The van der Waals surface area contributed by atoms with Gasteiger partial charge in [0.15, 0.2) is 11.8 Å². The molecule has 22 heavy (non-hydrogen) atoms. The molecule has 7 nitrogen and oxygen atoms in total. The number of halogens is 1. The number of aromatic nitrogens is 3.